The van der Waals surface area contributed by atoms with Crippen molar-refractivity contribution in [2.75, 3.05) is 19.2 Å². The Hall–Kier alpha value is -4.40. The summed E-state index contributed by atoms with van der Waals surface area (Å²) >= 11 is 0. The van der Waals surface area contributed by atoms with Crippen molar-refractivity contribution in [1.82, 2.24) is 5.32 Å². The second-order valence-corrected chi connectivity index (χ2v) is 7.49. The molecule has 3 aromatic rings. The average Bonchev–Trinajstić information content (AvgIpc) is 3.30. The van der Waals surface area contributed by atoms with Crippen LogP contribution in [0.3, 0.4) is 0 Å². The Labute approximate surface area is 194 Å². The third-order valence-electron chi connectivity index (χ3n) is 5.08. The minimum atomic E-state index is -0.669. The number of carbonyl (C=O) groups is 3. The second-order valence-electron chi connectivity index (χ2n) is 7.49. The fourth-order valence-corrected chi connectivity index (χ4v) is 3.45. The number of methoxy groups -OCH3 is 1. The molecule has 1 heterocycles. The molecule has 0 spiro atoms. The number of amides is 2. The summed E-state index contributed by atoms with van der Waals surface area (Å²) in [4.78, 5) is 37.0. The monoisotopic (exact) mass is 464 g/mol. The zero-order valence-electron chi connectivity index (χ0n) is 18.2. The number of hydrogen-bond acceptors (Lipinski definition) is 6. The summed E-state index contributed by atoms with van der Waals surface area (Å²) in [6.45, 7) is 0.244. The summed E-state index contributed by atoms with van der Waals surface area (Å²) in [5, 5.41) is 5.37. The van der Waals surface area contributed by atoms with E-state index in [2.05, 4.69) is 10.6 Å². The van der Waals surface area contributed by atoms with Gasteiger partial charge in [-0.3, -0.25) is 9.59 Å². The maximum absolute atomic E-state index is 13.9. The predicted molar refractivity (Wildman–Crippen MR) is 120 cm³/mol. The first-order valence-corrected chi connectivity index (χ1v) is 10.4. The van der Waals surface area contributed by atoms with Gasteiger partial charge >= 0.3 is 5.97 Å². The number of rotatable bonds is 7. The van der Waals surface area contributed by atoms with E-state index in [-0.39, 0.29) is 42.5 Å². The zero-order chi connectivity index (χ0) is 24.1. The fourth-order valence-electron chi connectivity index (χ4n) is 3.45. The molecule has 0 saturated carbocycles. The molecule has 0 atom stereocenters. The lowest BCUT2D eigenvalue weighted by molar-refractivity contribution is -0.120. The number of esters is 1. The number of halogens is 1. The molecule has 0 fully saturated rings. The average molecular weight is 464 g/mol. The molecule has 0 bridgehead atoms. The van der Waals surface area contributed by atoms with E-state index in [1.165, 1.54) is 31.4 Å². The minimum absolute atomic E-state index is 0.0940. The highest BCUT2D eigenvalue weighted by atomic mass is 19.1. The summed E-state index contributed by atoms with van der Waals surface area (Å²) < 4.78 is 29.3. The first-order chi connectivity index (χ1) is 16.4. The van der Waals surface area contributed by atoms with Crippen LogP contribution in [0.15, 0.2) is 60.7 Å². The Bertz CT molecular complexity index is 1260. The predicted octanol–water partition coefficient (Wildman–Crippen LogP) is 3.45. The van der Waals surface area contributed by atoms with Gasteiger partial charge in [-0.15, -0.1) is 0 Å². The number of nitrogens with one attached hydrogen (secondary N) is 2. The van der Waals surface area contributed by atoms with Crippen molar-refractivity contribution < 1.29 is 33.0 Å². The van der Waals surface area contributed by atoms with Gasteiger partial charge in [0.2, 0.25) is 12.7 Å². The molecule has 0 saturated heterocycles. The van der Waals surface area contributed by atoms with Crippen LogP contribution in [-0.4, -0.2) is 31.7 Å². The molecule has 3 aromatic carbocycles. The maximum Gasteiger partial charge on any atom is 0.337 e. The van der Waals surface area contributed by atoms with Crippen molar-refractivity contribution in [2.45, 2.75) is 13.0 Å². The van der Waals surface area contributed by atoms with Crippen LogP contribution in [0.4, 0.5) is 10.1 Å². The molecule has 34 heavy (non-hydrogen) atoms. The molecule has 0 aliphatic carbocycles. The number of carbonyl (C=O) groups excluding carboxylic acids is 3. The lowest BCUT2D eigenvalue weighted by Crippen LogP contribution is -2.25. The summed E-state index contributed by atoms with van der Waals surface area (Å²) in [5.74, 6) is -0.979. The number of hydrogen-bond donors (Lipinski definition) is 2. The first-order valence-electron chi connectivity index (χ1n) is 10.4. The van der Waals surface area contributed by atoms with Crippen LogP contribution in [0.2, 0.25) is 0 Å². The van der Waals surface area contributed by atoms with E-state index >= 15 is 0 Å². The van der Waals surface area contributed by atoms with Crippen molar-refractivity contribution in [1.29, 1.82) is 0 Å². The summed E-state index contributed by atoms with van der Waals surface area (Å²) in [6, 6.07) is 15.4. The van der Waals surface area contributed by atoms with Gasteiger partial charge < -0.3 is 24.8 Å². The third kappa shape index (κ3) is 5.32. The van der Waals surface area contributed by atoms with E-state index < -0.39 is 17.7 Å². The zero-order valence-corrected chi connectivity index (χ0v) is 18.2. The van der Waals surface area contributed by atoms with E-state index in [4.69, 9.17) is 14.2 Å². The van der Waals surface area contributed by atoms with Crippen molar-refractivity contribution in [2.24, 2.45) is 0 Å². The highest BCUT2D eigenvalue weighted by Crippen LogP contribution is 2.32. The lowest BCUT2D eigenvalue weighted by atomic mass is 10.1. The van der Waals surface area contributed by atoms with Crippen LogP contribution in [0.1, 0.15) is 31.8 Å². The molecule has 0 unspecified atom stereocenters. The van der Waals surface area contributed by atoms with Gasteiger partial charge in [-0.1, -0.05) is 18.2 Å². The van der Waals surface area contributed by atoms with Gasteiger partial charge in [0.15, 0.2) is 11.5 Å². The van der Waals surface area contributed by atoms with E-state index in [1.54, 1.807) is 36.4 Å². The molecule has 2 N–H and O–H groups in total. The van der Waals surface area contributed by atoms with Gasteiger partial charge in [0.1, 0.15) is 5.82 Å². The Morgan fingerprint density at radius 3 is 2.56 bits per heavy atom. The van der Waals surface area contributed by atoms with Gasteiger partial charge in [0, 0.05) is 12.2 Å². The van der Waals surface area contributed by atoms with Crippen LogP contribution in [0, 0.1) is 5.82 Å². The van der Waals surface area contributed by atoms with Crippen LogP contribution >= 0.6 is 0 Å². The van der Waals surface area contributed by atoms with Gasteiger partial charge in [0.25, 0.3) is 5.91 Å². The smallest absolute Gasteiger partial charge is 0.337 e. The van der Waals surface area contributed by atoms with Gasteiger partial charge in [0.05, 0.1) is 24.7 Å². The van der Waals surface area contributed by atoms with E-state index in [0.717, 1.165) is 5.56 Å². The molecule has 1 aliphatic heterocycles. The largest absolute Gasteiger partial charge is 0.465 e. The third-order valence-corrected chi connectivity index (χ3v) is 5.08. The van der Waals surface area contributed by atoms with Crippen molar-refractivity contribution >= 4 is 23.5 Å². The maximum atomic E-state index is 13.9. The highest BCUT2D eigenvalue weighted by Gasteiger charge is 2.16. The van der Waals surface area contributed by atoms with Crippen LogP contribution < -0.4 is 20.1 Å². The Morgan fingerprint density at radius 1 is 0.971 bits per heavy atom. The Morgan fingerprint density at radius 2 is 1.76 bits per heavy atom. The van der Waals surface area contributed by atoms with Crippen molar-refractivity contribution in [3.05, 3.63) is 88.7 Å². The molecule has 9 heteroatoms. The number of benzene rings is 3. The summed E-state index contributed by atoms with van der Waals surface area (Å²) in [5.41, 5.74) is 1.60. The molecule has 8 nitrogen and oxygen atoms in total. The van der Waals surface area contributed by atoms with Gasteiger partial charge in [-0.05, 0) is 53.6 Å². The first kappa shape index (κ1) is 22.8. The van der Waals surface area contributed by atoms with Crippen LogP contribution in [-0.2, 0) is 22.5 Å². The molecular weight excluding hydrogens is 443 g/mol. The fraction of sp³-hybridized carbons (Fsp3) is 0.160. The second kappa shape index (κ2) is 10.0. The molecule has 0 radical (unpaired) electrons. The SMILES string of the molecule is COC(=O)c1cc(CNC(=O)Cc2ccc3c(c2)OCO3)cc(NC(=O)c2ccccc2F)c1. The number of ether oxygens (including phenoxy) is 3. The quantitative estimate of drug-likeness (QED) is 0.520. The Kier molecular flexibility index (Phi) is 6.72. The van der Waals surface area contributed by atoms with Crippen LogP contribution in [0.25, 0.3) is 0 Å². The Balaban J connectivity index is 1.46. The van der Waals surface area contributed by atoms with E-state index in [0.29, 0.717) is 17.1 Å². The number of fused-ring (bicyclic) bond motifs is 1. The molecule has 0 aromatic heterocycles. The molecule has 1 aliphatic rings. The van der Waals surface area contributed by atoms with E-state index in [1.807, 2.05) is 0 Å². The van der Waals surface area contributed by atoms with E-state index in [9.17, 15) is 18.8 Å². The molecule has 2 amide bonds. The standard InChI is InChI=1S/C25H21FN2O6/c1-32-25(31)17-8-16(9-18(12-17)28-24(30)19-4-2-3-5-20(19)26)13-27-23(29)11-15-6-7-21-22(10-15)34-14-33-21/h2-10,12H,11,13-14H2,1H3,(H,27,29)(H,28,30). The normalized spacial score (nSPS) is 11.6. The van der Waals surface area contributed by atoms with Gasteiger partial charge in [-0.2, -0.15) is 0 Å². The highest BCUT2D eigenvalue weighted by molar-refractivity contribution is 6.05. The molecular formula is C25H21FN2O6. The molecule has 174 valence electrons. The lowest BCUT2D eigenvalue weighted by Gasteiger charge is -2.12. The summed E-state index contributed by atoms with van der Waals surface area (Å²) in [7, 11) is 1.24. The topological polar surface area (TPSA) is 103 Å². The summed E-state index contributed by atoms with van der Waals surface area (Å²) in [6.07, 6.45) is 0.115. The molecule has 4 rings (SSSR count). The minimum Gasteiger partial charge on any atom is -0.465 e. The van der Waals surface area contributed by atoms with Gasteiger partial charge in [-0.25, -0.2) is 9.18 Å². The van der Waals surface area contributed by atoms with Crippen molar-refractivity contribution in [3.63, 3.8) is 0 Å². The van der Waals surface area contributed by atoms with Crippen molar-refractivity contribution in [3.8, 4) is 11.5 Å². The van der Waals surface area contributed by atoms with Crippen LogP contribution in [0.5, 0.6) is 11.5 Å². The number of anilines is 1.